The van der Waals surface area contributed by atoms with E-state index in [1.54, 1.807) is 13.2 Å². The third kappa shape index (κ3) is 3.35. The Hall–Kier alpha value is -1.82. The molecule has 6 heteroatoms. The Labute approximate surface area is 118 Å². The van der Waals surface area contributed by atoms with Crippen molar-refractivity contribution >= 4 is 21.8 Å². The fourth-order valence-electron chi connectivity index (χ4n) is 1.72. The lowest BCUT2D eigenvalue weighted by atomic mass is 10.1. The molecule has 0 saturated heterocycles. The number of rotatable bonds is 5. The molecule has 5 nitrogen and oxygen atoms in total. The van der Waals surface area contributed by atoms with Crippen LogP contribution in [-0.2, 0) is 6.42 Å². The summed E-state index contributed by atoms with van der Waals surface area (Å²) < 4.78 is 10.3. The van der Waals surface area contributed by atoms with Gasteiger partial charge in [-0.25, -0.2) is 0 Å². The average Bonchev–Trinajstić information content (AvgIpc) is 2.89. The minimum Gasteiger partial charge on any atom is -0.497 e. The number of methoxy groups -OCH3 is 1. The number of nitro groups is 1. The van der Waals surface area contributed by atoms with Crippen LogP contribution in [0.5, 0.6) is 5.75 Å². The van der Waals surface area contributed by atoms with Crippen molar-refractivity contribution in [3.05, 3.63) is 57.8 Å². The summed E-state index contributed by atoms with van der Waals surface area (Å²) in [6.45, 7) is 0. The average molecular weight is 326 g/mol. The van der Waals surface area contributed by atoms with Crippen LogP contribution >= 0.6 is 15.9 Å². The molecular weight excluding hydrogens is 314 g/mol. The summed E-state index contributed by atoms with van der Waals surface area (Å²) in [5.41, 5.74) is 1.06. The van der Waals surface area contributed by atoms with Gasteiger partial charge in [0, 0.05) is 0 Å². The van der Waals surface area contributed by atoms with Crippen LogP contribution < -0.4 is 4.74 Å². The second-order valence-electron chi connectivity index (χ2n) is 3.96. The first-order chi connectivity index (χ1) is 9.10. The Kier molecular flexibility index (Phi) is 4.21. The molecule has 0 N–H and O–H groups in total. The molecule has 19 heavy (non-hydrogen) atoms. The Balaban J connectivity index is 2.10. The van der Waals surface area contributed by atoms with Gasteiger partial charge in [-0.15, -0.1) is 0 Å². The van der Waals surface area contributed by atoms with Crippen molar-refractivity contribution in [3.63, 3.8) is 0 Å². The van der Waals surface area contributed by atoms with Gasteiger partial charge in [-0.05, 0) is 30.2 Å². The zero-order valence-electron chi connectivity index (χ0n) is 10.2. The zero-order valence-corrected chi connectivity index (χ0v) is 11.8. The summed E-state index contributed by atoms with van der Waals surface area (Å²) in [5.74, 6) is 1.07. The van der Waals surface area contributed by atoms with E-state index in [-0.39, 0.29) is 10.7 Å². The standard InChI is InChI=1S/C13H12BrNO4/c1-18-10-4-2-3-9(7-10)8-11(14)12-5-6-13(19-12)15(16)17/h2-7,11H,8H2,1H3. The van der Waals surface area contributed by atoms with Crippen molar-refractivity contribution in [2.24, 2.45) is 0 Å². The molecule has 0 aliphatic heterocycles. The number of hydrogen-bond donors (Lipinski definition) is 0. The third-order valence-corrected chi connectivity index (χ3v) is 3.43. The van der Waals surface area contributed by atoms with Gasteiger partial charge in [-0.2, -0.15) is 0 Å². The van der Waals surface area contributed by atoms with Gasteiger partial charge in [0.15, 0.2) is 0 Å². The first kappa shape index (κ1) is 13.6. The third-order valence-electron chi connectivity index (χ3n) is 2.65. The van der Waals surface area contributed by atoms with Crippen molar-refractivity contribution in [2.75, 3.05) is 7.11 Å². The number of furan rings is 1. The minimum atomic E-state index is -0.547. The molecule has 1 aromatic heterocycles. The van der Waals surface area contributed by atoms with Crippen molar-refractivity contribution in [3.8, 4) is 5.75 Å². The minimum absolute atomic E-state index is 0.117. The molecule has 1 heterocycles. The molecule has 2 rings (SSSR count). The highest BCUT2D eigenvalue weighted by Crippen LogP contribution is 2.31. The quantitative estimate of drug-likeness (QED) is 0.475. The van der Waals surface area contributed by atoms with E-state index >= 15 is 0 Å². The number of halogens is 1. The molecule has 0 saturated carbocycles. The van der Waals surface area contributed by atoms with Gasteiger partial charge in [-0.1, -0.05) is 28.1 Å². The van der Waals surface area contributed by atoms with Crippen LogP contribution in [0.15, 0.2) is 40.8 Å². The van der Waals surface area contributed by atoms with Crippen molar-refractivity contribution in [2.45, 2.75) is 11.2 Å². The highest BCUT2D eigenvalue weighted by Gasteiger charge is 2.18. The Morgan fingerprint density at radius 3 is 2.84 bits per heavy atom. The Morgan fingerprint density at radius 2 is 2.21 bits per heavy atom. The highest BCUT2D eigenvalue weighted by atomic mass is 79.9. The first-order valence-electron chi connectivity index (χ1n) is 5.61. The first-order valence-corrected chi connectivity index (χ1v) is 6.53. The number of nitrogens with zero attached hydrogens (tertiary/aromatic N) is 1. The number of hydrogen-bond acceptors (Lipinski definition) is 4. The number of alkyl halides is 1. The van der Waals surface area contributed by atoms with E-state index in [9.17, 15) is 10.1 Å². The van der Waals surface area contributed by atoms with E-state index in [0.717, 1.165) is 11.3 Å². The largest absolute Gasteiger partial charge is 0.497 e. The lowest BCUT2D eigenvalue weighted by Gasteiger charge is -2.08. The van der Waals surface area contributed by atoms with Crippen molar-refractivity contribution in [1.82, 2.24) is 0 Å². The molecular formula is C13H12BrNO4. The van der Waals surface area contributed by atoms with Crippen LogP contribution in [0, 0.1) is 10.1 Å². The van der Waals surface area contributed by atoms with E-state index < -0.39 is 4.92 Å². The van der Waals surface area contributed by atoms with Crippen LogP contribution in [-0.4, -0.2) is 12.0 Å². The van der Waals surface area contributed by atoms with Crippen LogP contribution in [0.25, 0.3) is 0 Å². The zero-order chi connectivity index (χ0) is 13.8. The Bertz CT molecular complexity index is 582. The fraction of sp³-hybridized carbons (Fsp3) is 0.231. The molecule has 2 aromatic rings. The fourth-order valence-corrected chi connectivity index (χ4v) is 2.34. The van der Waals surface area contributed by atoms with E-state index in [1.807, 2.05) is 24.3 Å². The van der Waals surface area contributed by atoms with Crippen LogP contribution in [0.1, 0.15) is 16.2 Å². The summed E-state index contributed by atoms with van der Waals surface area (Å²) in [6.07, 6.45) is 0.655. The monoisotopic (exact) mass is 325 g/mol. The summed E-state index contributed by atoms with van der Waals surface area (Å²) in [5, 5.41) is 10.6. The van der Waals surface area contributed by atoms with Gasteiger partial charge >= 0.3 is 5.88 Å². The van der Waals surface area contributed by atoms with E-state index in [4.69, 9.17) is 9.15 Å². The summed E-state index contributed by atoms with van der Waals surface area (Å²) in [4.78, 5) is 9.89. The molecule has 0 aliphatic rings. The lowest BCUT2D eigenvalue weighted by molar-refractivity contribution is -0.402. The van der Waals surface area contributed by atoms with Gasteiger partial charge in [0.25, 0.3) is 0 Å². The number of benzene rings is 1. The molecule has 0 spiro atoms. The molecule has 1 aromatic carbocycles. The second kappa shape index (κ2) is 5.88. The maximum absolute atomic E-state index is 10.6. The summed E-state index contributed by atoms with van der Waals surface area (Å²) in [7, 11) is 1.61. The summed E-state index contributed by atoms with van der Waals surface area (Å²) in [6, 6.07) is 10.6. The molecule has 0 bridgehead atoms. The van der Waals surface area contributed by atoms with E-state index in [1.165, 1.54) is 6.07 Å². The molecule has 0 fully saturated rings. The molecule has 0 aliphatic carbocycles. The van der Waals surface area contributed by atoms with Crippen LogP contribution in [0.4, 0.5) is 5.88 Å². The predicted octanol–water partition coefficient (Wildman–Crippen LogP) is 3.88. The smallest absolute Gasteiger partial charge is 0.433 e. The highest BCUT2D eigenvalue weighted by molar-refractivity contribution is 9.09. The van der Waals surface area contributed by atoms with Gasteiger partial charge in [0.05, 0.1) is 18.0 Å². The van der Waals surface area contributed by atoms with Gasteiger partial charge in [0.2, 0.25) is 0 Å². The second-order valence-corrected chi connectivity index (χ2v) is 5.06. The maximum Gasteiger partial charge on any atom is 0.433 e. The topological polar surface area (TPSA) is 65.5 Å². The lowest BCUT2D eigenvalue weighted by Crippen LogP contribution is -1.94. The normalized spacial score (nSPS) is 12.1. The summed E-state index contributed by atoms with van der Waals surface area (Å²) >= 11 is 3.47. The van der Waals surface area contributed by atoms with Crippen molar-refractivity contribution in [1.29, 1.82) is 0 Å². The number of ether oxygens (including phenoxy) is 1. The molecule has 0 amide bonds. The van der Waals surface area contributed by atoms with Gasteiger partial charge in [0.1, 0.15) is 16.4 Å². The van der Waals surface area contributed by atoms with Gasteiger partial charge < -0.3 is 9.15 Å². The molecule has 100 valence electrons. The van der Waals surface area contributed by atoms with Crippen molar-refractivity contribution < 1.29 is 14.1 Å². The molecule has 1 unspecified atom stereocenters. The van der Waals surface area contributed by atoms with Crippen LogP contribution in [0.3, 0.4) is 0 Å². The molecule has 0 radical (unpaired) electrons. The molecule has 1 atom stereocenters. The Morgan fingerprint density at radius 1 is 1.42 bits per heavy atom. The van der Waals surface area contributed by atoms with Crippen LogP contribution in [0.2, 0.25) is 0 Å². The van der Waals surface area contributed by atoms with Gasteiger partial charge in [-0.3, -0.25) is 10.1 Å². The predicted molar refractivity (Wildman–Crippen MR) is 73.7 cm³/mol. The maximum atomic E-state index is 10.6. The van der Waals surface area contributed by atoms with E-state index in [2.05, 4.69) is 15.9 Å². The SMILES string of the molecule is COc1cccc(CC(Br)c2ccc([N+](=O)[O-])o2)c1. The van der Waals surface area contributed by atoms with E-state index in [0.29, 0.717) is 12.2 Å².